The van der Waals surface area contributed by atoms with Crippen LogP contribution in [-0.2, 0) is 13.1 Å². The van der Waals surface area contributed by atoms with Crippen LogP contribution in [-0.4, -0.2) is 48.3 Å². The molecule has 4 rings (SSSR count). The molecule has 0 bridgehead atoms. The quantitative estimate of drug-likeness (QED) is 0.292. The van der Waals surface area contributed by atoms with Crippen LogP contribution in [0.25, 0.3) is 11.0 Å². The van der Waals surface area contributed by atoms with Crippen molar-refractivity contribution in [3.8, 4) is 5.88 Å². The van der Waals surface area contributed by atoms with Gasteiger partial charge in [-0.3, -0.25) is 24.3 Å². The summed E-state index contributed by atoms with van der Waals surface area (Å²) < 4.78 is 8.34. The number of fused-ring (bicyclic) bond motifs is 1. The third-order valence-corrected chi connectivity index (χ3v) is 5.03. The van der Waals surface area contributed by atoms with Gasteiger partial charge in [0, 0.05) is 24.9 Å². The van der Waals surface area contributed by atoms with Gasteiger partial charge in [-0.15, -0.1) is 0 Å². The maximum Gasteiger partial charge on any atom is 0.269 e. The minimum Gasteiger partial charge on any atom is -0.477 e. The lowest BCUT2D eigenvalue weighted by atomic mass is 10.2. The maximum absolute atomic E-state index is 12.9. The SMILES string of the molecule is CCOc1ncccc1C(=O)NCCn1ncc2c(=O)n(Cc3ccc([N+](=O)[O-])cc3)cnc21. The van der Waals surface area contributed by atoms with Crippen LogP contribution in [0.3, 0.4) is 0 Å². The molecule has 174 valence electrons. The number of hydrogen-bond donors (Lipinski definition) is 1. The highest BCUT2D eigenvalue weighted by molar-refractivity contribution is 5.96. The fraction of sp³-hybridized carbons (Fsp3) is 0.227. The molecule has 0 saturated carbocycles. The van der Waals surface area contributed by atoms with Gasteiger partial charge in [0.25, 0.3) is 17.2 Å². The molecule has 1 amide bonds. The van der Waals surface area contributed by atoms with E-state index in [1.807, 2.05) is 6.92 Å². The van der Waals surface area contributed by atoms with E-state index < -0.39 is 4.92 Å². The lowest BCUT2D eigenvalue weighted by molar-refractivity contribution is -0.384. The molecule has 0 radical (unpaired) electrons. The molecule has 0 atom stereocenters. The van der Waals surface area contributed by atoms with Crippen molar-refractivity contribution >= 4 is 22.6 Å². The van der Waals surface area contributed by atoms with Crippen molar-refractivity contribution in [1.29, 1.82) is 0 Å². The first-order valence-corrected chi connectivity index (χ1v) is 10.5. The molecular weight excluding hydrogens is 442 g/mol. The molecule has 12 nitrogen and oxygen atoms in total. The predicted octanol–water partition coefficient (Wildman–Crippen LogP) is 1.77. The van der Waals surface area contributed by atoms with E-state index in [0.29, 0.717) is 29.7 Å². The lowest BCUT2D eigenvalue weighted by Gasteiger charge is -2.10. The molecule has 0 saturated heterocycles. The first-order valence-electron chi connectivity index (χ1n) is 10.5. The van der Waals surface area contributed by atoms with Gasteiger partial charge in [-0.25, -0.2) is 14.6 Å². The van der Waals surface area contributed by atoms with Gasteiger partial charge in [-0.1, -0.05) is 12.1 Å². The van der Waals surface area contributed by atoms with Crippen LogP contribution < -0.4 is 15.6 Å². The van der Waals surface area contributed by atoms with Crippen LogP contribution in [0.4, 0.5) is 5.69 Å². The van der Waals surface area contributed by atoms with Gasteiger partial charge >= 0.3 is 0 Å². The van der Waals surface area contributed by atoms with E-state index in [0.717, 1.165) is 5.56 Å². The topological polar surface area (TPSA) is 147 Å². The highest BCUT2D eigenvalue weighted by atomic mass is 16.6. The number of pyridine rings is 1. The summed E-state index contributed by atoms with van der Waals surface area (Å²) in [6.07, 6.45) is 4.40. The van der Waals surface area contributed by atoms with Gasteiger partial charge in [0.1, 0.15) is 17.3 Å². The van der Waals surface area contributed by atoms with Crippen molar-refractivity contribution in [3.63, 3.8) is 0 Å². The summed E-state index contributed by atoms with van der Waals surface area (Å²) in [6, 6.07) is 9.26. The maximum atomic E-state index is 12.9. The number of nitrogens with zero attached hydrogens (tertiary/aromatic N) is 6. The summed E-state index contributed by atoms with van der Waals surface area (Å²) in [4.78, 5) is 44.1. The zero-order valence-electron chi connectivity index (χ0n) is 18.2. The Kier molecular flexibility index (Phi) is 6.57. The Labute approximate surface area is 193 Å². The van der Waals surface area contributed by atoms with Crippen LogP contribution in [0.2, 0.25) is 0 Å². The highest BCUT2D eigenvalue weighted by Crippen LogP contribution is 2.15. The van der Waals surface area contributed by atoms with E-state index in [-0.39, 0.29) is 36.1 Å². The molecule has 3 heterocycles. The number of nitro benzene ring substituents is 1. The molecule has 34 heavy (non-hydrogen) atoms. The third-order valence-electron chi connectivity index (χ3n) is 5.03. The monoisotopic (exact) mass is 463 g/mol. The molecule has 1 aromatic carbocycles. The number of ether oxygens (including phenoxy) is 1. The molecule has 0 fully saturated rings. The van der Waals surface area contributed by atoms with Crippen molar-refractivity contribution in [1.82, 2.24) is 29.6 Å². The van der Waals surface area contributed by atoms with E-state index in [1.165, 1.54) is 29.2 Å². The largest absolute Gasteiger partial charge is 0.477 e. The molecule has 3 aromatic heterocycles. The van der Waals surface area contributed by atoms with Gasteiger partial charge in [0.15, 0.2) is 5.65 Å². The van der Waals surface area contributed by atoms with Crippen LogP contribution in [0.5, 0.6) is 5.88 Å². The highest BCUT2D eigenvalue weighted by Gasteiger charge is 2.14. The number of carbonyl (C=O) groups excluding carboxylic acids is 1. The Morgan fingerprint density at radius 2 is 2.00 bits per heavy atom. The summed E-state index contributed by atoms with van der Waals surface area (Å²) >= 11 is 0. The van der Waals surface area contributed by atoms with Crippen LogP contribution in [0.1, 0.15) is 22.8 Å². The van der Waals surface area contributed by atoms with E-state index in [9.17, 15) is 19.7 Å². The standard InChI is InChI=1S/C22H21N7O5/c1-2-34-21-17(4-3-9-24-21)20(30)23-10-11-28-19-18(12-26-28)22(31)27(14-25-19)13-15-5-7-16(8-6-15)29(32)33/h3-9,12,14H,2,10-11,13H2,1H3,(H,23,30). The first kappa shape index (κ1) is 22.6. The second-order valence-electron chi connectivity index (χ2n) is 7.25. The zero-order chi connectivity index (χ0) is 24.1. The van der Waals surface area contributed by atoms with Crippen molar-refractivity contribution in [3.05, 3.63) is 86.7 Å². The summed E-state index contributed by atoms with van der Waals surface area (Å²) in [5.74, 6) is -0.0614. The minimum absolute atomic E-state index is 0.0179. The van der Waals surface area contributed by atoms with Gasteiger partial charge in [-0.2, -0.15) is 5.10 Å². The number of amides is 1. The number of aromatic nitrogens is 5. The Hall–Kier alpha value is -4.61. The average molecular weight is 463 g/mol. The van der Waals surface area contributed by atoms with Crippen LogP contribution in [0, 0.1) is 10.1 Å². The van der Waals surface area contributed by atoms with Gasteiger partial charge in [0.05, 0.1) is 30.8 Å². The van der Waals surface area contributed by atoms with Crippen LogP contribution >= 0.6 is 0 Å². The number of non-ortho nitro benzene ring substituents is 1. The van der Waals surface area contributed by atoms with E-state index in [4.69, 9.17) is 4.74 Å². The smallest absolute Gasteiger partial charge is 0.269 e. The lowest BCUT2D eigenvalue weighted by Crippen LogP contribution is -2.28. The van der Waals surface area contributed by atoms with Crippen molar-refractivity contribution < 1.29 is 14.5 Å². The number of carbonyl (C=O) groups is 1. The first-order chi connectivity index (χ1) is 16.5. The fourth-order valence-electron chi connectivity index (χ4n) is 3.38. The average Bonchev–Trinajstić information content (AvgIpc) is 3.25. The van der Waals surface area contributed by atoms with E-state index >= 15 is 0 Å². The van der Waals surface area contributed by atoms with Crippen molar-refractivity contribution in [2.45, 2.75) is 20.0 Å². The predicted molar refractivity (Wildman–Crippen MR) is 122 cm³/mol. The number of hydrogen-bond acceptors (Lipinski definition) is 8. The number of nitro groups is 1. The molecule has 0 aliphatic rings. The summed E-state index contributed by atoms with van der Waals surface area (Å²) in [6.45, 7) is 2.98. The number of nitrogens with one attached hydrogen (secondary N) is 1. The van der Waals surface area contributed by atoms with E-state index in [2.05, 4.69) is 20.4 Å². The second-order valence-corrected chi connectivity index (χ2v) is 7.25. The third kappa shape index (κ3) is 4.75. The molecular formula is C22H21N7O5. The van der Waals surface area contributed by atoms with E-state index in [1.54, 1.807) is 35.1 Å². The Balaban J connectivity index is 1.44. The van der Waals surface area contributed by atoms with Crippen molar-refractivity contribution in [2.75, 3.05) is 13.2 Å². The summed E-state index contributed by atoms with van der Waals surface area (Å²) in [5, 5.41) is 18.2. The summed E-state index contributed by atoms with van der Waals surface area (Å²) in [7, 11) is 0. The normalized spacial score (nSPS) is 10.9. The van der Waals surface area contributed by atoms with Gasteiger partial charge in [0.2, 0.25) is 5.88 Å². The molecule has 0 aliphatic carbocycles. The molecule has 4 aromatic rings. The Morgan fingerprint density at radius 3 is 2.74 bits per heavy atom. The van der Waals surface area contributed by atoms with Crippen LogP contribution in [0.15, 0.2) is 59.9 Å². The fourth-order valence-corrected chi connectivity index (χ4v) is 3.38. The molecule has 12 heteroatoms. The van der Waals surface area contributed by atoms with Gasteiger partial charge in [-0.05, 0) is 24.6 Å². The molecule has 0 aliphatic heterocycles. The second kappa shape index (κ2) is 9.90. The summed E-state index contributed by atoms with van der Waals surface area (Å²) in [5.41, 5.74) is 1.16. The Morgan fingerprint density at radius 1 is 1.21 bits per heavy atom. The molecule has 1 N–H and O–H groups in total. The zero-order valence-corrected chi connectivity index (χ0v) is 18.2. The van der Waals surface area contributed by atoms with Gasteiger partial charge < -0.3 is 10.1 Å². The van der Waals surface area contributed by atoms with Crippen molar-refractivity contribution in [2.24, 2.45) is 0 Å². The Bertz CT molecular complexity index is 1400. The molecule has 0 unspecified atom stereocenters. The molecule has 0 spiro atoms. The minimum atomic E-state index is -0.477. The number of rotatable bonds is 9. The number of benzene rings is 1.